The Kier molecular flexibility index (Phi) is 6.51. The topological polar surface area (TPSA) is 99.6 Å². The van der Waals surface area contributed by atoms with Gasteiger partial charge in [0, 0.05) is 31.9 Å². The minimum absolute atomic E-state index is 0.0393. The molecular weight excluding hydrogens is 510 g/mol. The van der Waals surface area contributed by atoms with Crippen LogP contribution in [-0.4, -0.2) is 83.2 Å². The number of fused-ring (bicyclic) bond motifs is 2. The Morgan fingerprint density at radius 1 is 0.925 bits per heavy atom. The summed E-state index contributed by atoms with van der Waals surface area (Å²) in [5.74, 6) is -1.96. The Balaban J connectivity index is 1.41. The molecule has 208 valence electrons. The van der Waals surface area contributed by atoms with Gasteiger partial charge in [-0.3, -0.25) is 14.4 Å². The molecule has 5 atom stereocenters. The number of aliphatic hydroxyl groups is 1. The van der Waals surface area contributed by atoms with Crippen molar-refractivity contribution in [3.8, 4) is 5.75 Å². The highest BCUT2D eigenvalue weighted by atomic mass is 16.5. The third kappa shape index (κ3) is 3.95. The summed E-state index contributed by atoms with van der Waals surface area (Å²) in [4.78, 5) is 47.4. The van der Waals surface area contributed by atoms with E-state index in [-0.39, 0.29) is 37.4 Å². The van der Waals surface area contributed by atoms with Gasteiger partial charge in [0.15, 0.2) is 0 Å². The number of nitrogens with zero attached hydrogens (tertiary/aromatic N) is 3. The average molecular weight is 544 g/mol. The molecule has 9 heteroatoms. The van der Waals surface area contributed by atoms with Crippen LogP contribution in [0.1, 0.15) is 12.5 Å². The maximum Gasteiger partial charge on any atom is 0.253 e. The molecule has 0 aliphatic carbocycles. The predicted octanol–water partition coefficient (Wildman–Crippen LogP) is 2.16. The molecular formula is C31H33N3O6. The largest absolute Gasteiger partial charge is 0.497 e. The van der Waals surface area contributed by atoms with Crippen molar-refractivity contribution >= 4 is 23.4 Å². The lowest BCUT2D eigenvalue weighted by Crippen LogP contribution is -2.56. The van der Waals surface area contributed by atoms with E-state index in [1.807, 2.05) is 61.6 Å². The third-order valence-corrected chi connectivity index (χ3v) is 8.58. The van der Waals surface area contributed by atoms with E-state index in [1.54, 1.807) is 41.2 Å². The van der Waals surface area contributed by atoms with E-state index in [2.05, 4.69) is 0 Å². The third-order valence-electron chi connectivity index (χ3n) is 8.58. The van der Waals surface area contributed by atoms with E-state index in [1.165, 1.54) is 4.90 Å². The minimum atomic E-state index is -1.36. The maximum atomic E-state index is 14.3. The monoisotopic (exact) mass is 543 g/mol. The summed E-state index contributed by atoms with van der Waals surface area (Å²) in [5, 5.41) is 9.90. The van der Waals surface area contributed by atoms with Crippen LogP contribution >= 0.6 is 0 Å². The van der Waals surface area contributed by atoms with Crippen LogP contribution in [0.5, 0.6) is 5.75 Å². The molecule has 0 bridgehead atoms. The first-order valence-corrected chi connectivity index (χ1v) is 13.6. The van der Waals surface area contributed by atoms with Gasteiger partial charge in [-0.05, 0) is 36.8 Å². The lowest BCUT2D eigenvalue weighted by atomic mass is 9.74. The summed E-state index contributed by atoms with van der Waals surface area (Å²) in [7, 11) is 1.58. The summed E-state index contributed by atoms with van der Waals surface area (Å²) in [6.07, 6.45) is 7.44. The lowest BCUT2D eigenvalue weighted by molar-refractivity contribution is -0.149. The number of benzene rings is 2. The van der Waals surface area contributed by atoms with Crippen molar-refractivity contribution in [2.75, 3.05) is 38.3 Å². The van der Waals surface area contributed by atoms with Gasteiger partial charge in [-0.1, -0.05) is 54.6 Å². The van der Waals surface area contributed by atoms with E-state index in [4.69, 9.17) is 9.47 Å². The van der Waals surface area contributed by atoms with Crippen LogP contribution in [0.15, 0.2) is 78.9 Å². The molecule has 0 saturated carbocycles. The number of carbonyl (C=O) groups excluding carboxylic acids is 3. The molecule has 4 aliphatic rings. The summed E-state index contributed by atoms with van der Waals surface area (Å²) < 4.78 is 12.1. The van der Waals surface area contributed by atoms with Crippen molar-refractivity contribution in [3.63, 3.8) is 0 Å². The van der Waals surface area contributed by atoms with Crippen LogP contribution in [0.25, 0.3) is 0 Å². The first-order chi connectivity index (χ1) is 19.3. The second-order valence-electron chi connectivity index (χ2n) is 10.9. The Bertz CT molecular complexity index is 1380. The number of ether oxygens (including phenoxy) is 2. The first kappa shape index (κ1) is 26.3. The molecule has 3 amide bonds. The van der Waals surface area contributed by atoms with Gasteiger partial charge in [-0.25, -0.2) is 0 Å². The molecule has 1 N–H and O–H groups in total. The highest BCUT2D eigenvalue weighted by molar-refractivity contribution is 6.06. The first-order valence-electron chi connectivity index (χ1n) is 13.6. The van der Waals surface area contributed by atoms with E-state index < -0.39 is 29.1 Å². The fourth-order valence-electron chi connectivity index (χ4n) is 6.86. The predicted molar refractivity (Wildman–Crippen MR) is 147 cm³/mol. The Morgan fingerprint density at radius 2 is 1.65 bits per heavy atom. The zero-order chi connectivity index (χ0) is 28.1. The standard InChI is InChI=1S/C31H33N3O6/c1-30-14-6-16-32(20-21-8-4-3-5-9-21)27(36)24(30)25-28(37)34(18-19-35)26-29(38)33(17-7-15-31(25,26)40-30)22-10-12-23(39-2)13-11-22/h3-15,24-26,35H,16-20H2,1-2H3/t24-,25-,26?,30+,31-/m0/s1. The molecule has 0 aromatic heterocycles. The molecule has 2 aromatic carbocycles. The van der Waals surface area contributed by atoms with Gasteiger partial charge in [0.05, 0.1) is 31.2 Å². The van der Waals surface area contributed by atoms with Crippen LogP contribution in [0, 0.1) is 11.8 Å². The van der Waals surface area contributed by atoms with E-state index in [0.717, 1.165) is 5.56 Å². The van der Waals surface area contributed by atoms with Crippen molar-refractivity contribution in [3.05, 3.63) is 84.5 Å². The summed E-state index contributed by atoms with van der Waals surface area (Å²) in [5.41, 5.74) is -0.819. The molecule has 40 heavy (non-hydrogen) atoms. The highest BCUT2D eigenvalue weighted by Crippen LogP contribution is 2.57. The van der Waals surface area contributed by atoms with Crippen LogP contribution in [0.2, 0.25) is 0 Å². The minimum Gasteiger partial charge on any atom is -0.497 e. The van der Waals surface area contributed by atoms with Gasteiger partial charge in [0.1, 0.15) is 17.4 Å². The number of hydrogen-bond donors (Lipinski definition) is 1. The van der Waals surface area contributed by atoms with E-state index in [9.17, 15) is 19.5 Å². The number of methoxy groups -OCH3 is 1. The number of anilines is 1. The Hall–Kier alpha value is -3.95. The smallest absolute Gasteiger partial charge is 0.253 e. The van der Waals surface area contributed by atoms with Crippen LogP contribution in [-0.2, 0) is 25.7 Å². The van der Waals surface area contributed by atoms with Crippen molar-refractivity contribution in [2.24, 2.45) is 11.8 Å². The van der Waals surface area contributed by atoms with Crippen molar-refractivity contribution < 1.29 is 29.0 Å². The molecule has 2 aromatic rings. The van der Waals surface area contributed by atoms with Gasteiger partial charge in [-0.2, -0.15) is 0 Å². The Morgan fingerprint density at radius 3 is 2.35 bits per heavy atom. The number of carbonyl (C=O) groups is 3. The molecule has 1 spiro atoms. The van der Waals surface area contributed by atoms with Gasteiger partial charge >= 0.3 is 0 Å². The van der Waals surface area contributed by atoms with Gasteiger partial charge < -0.3 is 29.3 Å². The van der Waals surface area contributed by atoms with Crippen molar-refractivity contribution in [2.45, 2.75) is 30.7 Å². The highest BCUT2D eigenvalue weighted by Gasteiger charge is 2.74. The normalized spacial score (nSPS) is 31.1. The second-order valence-corrected chi connectivity index (χ2v) is 10.9. The molecule has 9 nitrogen and oxygen atoms in total. The quantitative estimate of drug-likeness (QED) is 0.561. The zero-order valence-corrected chi connectivity index (χ0v) is 22.6. The van der Waals surface area contributed by atoms with Crippen LogP contribution in [0.3, 0.4) is 0 Å². The SMILES string of the molecule is COc1ccc(N2CC=C[C@]34O[C@]5(C)C=CCN(Cc6ccccc6)C(=O)[C@@H]5[C@H]3C(=O)N(CCO)C4C2=O)cc1. The summed E-state index contributed by atoms with van der Waals surface area (Å²) in [6.45, 7) is 2.53. The Labute approximate surface area is 233 Å². The molecule has 2 fully saturated rings. The molecule has 4 heterocycles. The van der Waals surface area contributed by atoms with Crippen molar-refractivity contribution in [1.29, 1.82) is 0 Å². The zero-order valence-electron chi connectivity index (χ0n) is 22.6. The van der Waals surface area contributed by atoms with E-state index in [0.29, 0.717) is 24.5 Å². The molecule has 4 aliphatic heterocycles. The van der Waals surface area contributed by atoms with Crippen LogP contribution in [0.4, 0.5) is 5.69 Å². The number of rotatable bonds is 6. The van der Waals surface area contributed by atoms with Crippen LogP contribution < -0.4 is 9.64 Å². The van der Waals surface area contributed by atoms with E-state index >= 15 is 0 Å². The summed E-state index contributed by atoms with van der Waals surface area (Å²) in [6, 6.07) is 15.8. The van der Waals surface area contributed by atoms with Gasteiger partial charge in [0.25, 0.3) is 5.91 Å². The number of likely N-dealkylation sites (tertiary alicyclic amines) is 1. The fraction of sp³-hybridized carbons (Fsp3) is 0.387. The lowest BCUT2D eigenvalue weighted by Gasteiger charge is -2.37. The summed E-state index contributed by atoms with van der Waals surface area (Å²) >= 11 is 0. The second kappa shape index (κ2) is 9.91. The average Bonchev–Trinajstić information content (AvgIpc) is 3.22. The van der Waals surface area contributed by atoms with Gasteiger partial charge in [-0.15, -0.1) is 0 Å². The number of hydrogen-bond acceptors (Lipinski definition) is 6. The number of amides is 3. The molecule has 6 rings (SSSR count). The number of β-amino-alcohol motifs (C(OH)–C–C–N with tert-alkyl or cyclic N) is 1. The number of aliphatic hydroxyl groups excluding tert-OH is 1. The van der Waals surface area contributed by atoms with Crippen molar-refractivity contribution in [1.82, 2.24) is 9.80 Å². The molecule has 2 saturated heterocycles. The molecule has 0 radical (unpaired) electrons. The maximum absolute atomic E-state index is 14.3. The van der Waals surface area contributed by atoms with Gasteiger partial charge in [0.2, 0.25) is 11.8 Å². The molecule has 1 unspecified atom stereocenters. The fourth-order valence-corrected chi connectivity index (χ4v) is 6.86.